The zero-order valence-corrected chi connectivity index (χ0v) is 17.5. The number of carbonyl (C=O) groups excluding carboxylic acids is 2. The molecule has 0 saturated heterocycles. The Morgan fingerprint density at radius 3 is 2.54 bits per heavy atom. The molecule has 0 amide bonds. The fraction of sp³-hybridized carbons (Fsp3) is 0.400. The molecule has 3 heterocycles. The maximum Gasteiger partial charge on any atom is 0.348 e. The number of fused-ring (bicyclic) bond motifs is 1. The standard InChI is InChI=1S/C20H23N3O4S/c1-6-23-11(3)8-14(13(23)5)15(24)9-22-10-21-18-16(19(22)25)12(4)17(28-18)20(26)27-7-2/h8,10H,6-7,9H2,1-5H3. The molecule has 0 radical (unpaired) electrons. The Labute approximate surface area is 166 Å². The Balaban J connectivity index is 2.00. The second-order valence-electron chi connectivity index (χ2n) is 6.59. The zero-order valence-electron chi connectivity index (χ0n) is 16.7. The number of ketones is 1. The third-order valence-electron chi connectivity index (χ3n) is 4.88. The lowest BCUT2D eigenvalue weighted by molar-refractivity contribution is 0.0531. The van der Waals surface area contributed by atoms with Crippen LogP contribution in [0.1, 0.15) is 50.8 Å². The van der Waals surface area contributed by atoms with Crippen LogP contribution in [0.3, 0.4) is 0 Å². The van der Waals surface area contributed by atoms with Crippen LogP contribution in [0.2, 0.25) is 0 Å². The molecule has 0 aliphatic heterocycles. The Morgan fingerprint density at radius 2 is 1.93 bits per heavy atom. The molecular formula is C20H23N3O4S. The van der Waals surface area contributed by atoms with Crippen LogP contribution in [-0.4, -0.2) is 32.5 Å². The number of aryl methyl sites for hydroxylation is 2. The van der Waals surface area contributed by atoms with Crippen molar-refractivity contribution in [3.05, 3.63) is 50.1 Å². The molecule has 3 aromatic heterocycles. The fourth-order valence-corrected chi connectivity index (χ4v) is 4.51. The average molecular weight is 401 g/mol. The second kappa shape index (κ2) is 7.71. The molecule has 0 aliphatic carbocycles. The van der Waals surface area contributed by atoms with Crippen molar-refractivity contribution >= 4 is 33.3 Å². The van der Waals surface area contributed by atoms with Gasteiger partial charge in [0, 0.05) is 23.5 Å². The van der Waals surface area contributed by atoms with E-state index < -0.39 is 5.97 Å². The Hall–Kier alpha value is -2.74. The van der Waals surface area contributed by atoms with Crippen LogP contribution in [0.15, 0.2) is 17.2 Å². The van der Waals surface area contributed by atoms with E-state index in [0.29, 0.717) is 26.2 Å². The van der Waals surface area contributed by atoms with Gasteiger partial charge in [-0.15, -0.1) is 11.3 Å². The van der Waals surface area contributed by atoms with Crippen molar-refractivity contribution < 1.29 is 14.3 Å². The number of nitrogens with zero attached hydrogens (tertiary/aromatic N) is 3. The topological polar surface area (TPSA) is 83.2 Å². The van der Waals surface area contributed by atoms with E-state index in [9.17, 15) is 14.4 Å². The summed E-state index contributed by atoms with van der Waals surface area (Å²) in [6.45, 7) is 10.3. The first kappa shape index (κ1) is 20.0. The quantitative estimate of drug-likeness (QED) is 0.468. The smallest absolute Gasteiger partial charge is 0.348 e. The molecule has 28 heavy (non-hydrogen) atoms. The van der Waals surface area contributed by atoms with Gasteiger partial charge in [-0.2, -0.15) is 0 Å². The first-order valence-corrected chi connectivity index (χ1v) is 9.97. The number of carbonyl (C=O) groups is 2. The lowest BCUT2D eigenvalue weighted by atomic mass is 10.1. The van der Waals surface area contributed by atoms with E-state index in [2.05, 4.69) is 9.55 Å². The van der Waals surface area contributed by atoms with E-state index in [0.717, 1.165) is 29.3 Å². The number of hydrogen-bond acceptors (Lipinski definition) is 6. The molecule has 3 rings (SSSR count). The van der Waals surface area contributed by atoms with Gasteiger partial charge in [-0.1, -0.05) is 0 Å². The number of aromatic nitrogens is 3. The Kier molecular flexibility index (Phi) is 5.51. The van der Waals surface area contributed by atoms with Crippen LogP contribution in [0.4, 0.5) is 0 Å². The van der Waals surface area contributed by atoms with Gasteiger partial charge in [0.25, 0.3) is 5.56 Å². The number of rotatable bonds is 6. The maximum absolute atomic E-state index is 12.9. The van der Waals surface area contributed by atoms with E-state index in [1.54, 1.807) is 13.8 Å². The van der Waals surface area contributed by atoms with Gasteiger partial charge in [-0.3, -0.25) is 14.2 Å². The predicted molar refractivity (Wildman–Crippen MR) is 108 cm³/mol. The highest BCUT2D eigenvalue weighted by Gasteiger charge is 2.22. The van der Waals surface area contributed by atoms with E-state index in [1.807, 2.05) is 26.8 Å². The van der Waals surface area contributed by atoms with Gasteiger partial charge in [0.1, 0.15) is 9.71 Å². The molecule has 0 fully saturated rings. The summed E-state index contributed by atoms with van der Waals surface area (Å²) in [6, 6.07) is 1.85. The number of Topliss-reactive ketones (excluding diaryl/α,β-unsaturated/α-hetero) is 1. The van der Waals surface area contributed by atoms with Crippen molar-refractivity contribution in [2.75, 3.05) is 6.61 Å². The molecule has 8 heteroatoms. The predicted octanol–water partition coefficient (Wildman–Crippen LogP) is 3.26. The largest absolute Gasteiger partial charge is 0.462 e. The molecule has 0 saturated carbocycles. The van der Waals surface area contributed by atoms with E-state index in [4.69, 9.17) is 4.74 Å². The van der Waals surface area contributed by atoms with Gasteiger partial charge in [-0.25, -0.2) is 9.78 Å². The van der Waals surface area contributed by atoms with Gasteiger partial charge in [0.2, 0.25) is 0 Å². The van der Waals surface area contributed by atoms with Crippen LogP contribution < -0.4 is 5.56 Å². The molecule has 0 spiro atoms. The summed E-state index contributed by atoms with van der Waals surface area (Å²) in [7, 11) is 0. The number of hydrogen-bond donors (Lipinski definition) is 0. The summed E-state index contributed by atoms with van der Waals surface area (Å²) in [5.41, 5.74) is 2.73. The second-order valence-corrected chi connectivity index (χ2v) is 7.59. The molecule has 0 atom stereocenters. The highest BCUT2D eigenvalue weighted by Crippen LogP contribution is 2.27. The summed E-state index contributed by atoms with van der Waals surface area (Å²) in [4.78, 5) is 43.0. The van der Waals surface area contributed by atoms with Crippen molar-refractivity contribution in [1.29, 1.82) is 0 Å². The third-order valence-corrected chi connectivity index (χ3v) is 6.06. The Bertz CT molecular complexity index is 1140. The summed E-state index contributed by atoms with van der Waals surface area (Å²) in [5, 5.41) is 0.363. The molecule has 3 aromatic rings. The van der Waals surface area contributed by atoms with Crippen molar-refractivity contribution in [2.45, 2.75) is 47.7 Å². The van der Waals surface area contributed by atoms with Crippen molar-refractivity contribution in [1.82, 2.24) is 14.1 Å². The summed E-state index contributed by atoms with van der Waals surface area (Å²) >= 11 is 1.13. The minimum absolute atomic E-state index is 0.0974. The SMILES string of the molecule is CCOC(=O)c1sc2ncn(CC(=O)c3cc(C)n(CC)c3C)c(=O)c2c1C. The van der Waals surface area contributed by atoms with Gasteiger partial charge in [0.15, 0.2) is 5.78 Å². The summed E-state index contributed by atoms with van der Waals surface area (Å²) in [6.07, 6.45) is 1.37. The number of ether oxygens (including phenoxy) is 1. The van der Waals surface area contributed by atoms with Crippen molar-refractivity contribution in [3.63, 3.8) is 0 Å². The van der Waals surface area contributed by atoms with Crippen LogP contribution >= 0.6 is 11.3 Å². The maximum atomic E-state index is 12.9. The monoisotopic (exact) mass is 401 g/mol. The number of esters is 1. The minimum atomic E-state index is -0.461. The van der Waals surface area contributed by atoms with Crippen LogP contribution in [0, 0.1) is 20.8 Å². The molecule has 0 aliphatic rings. The van der Waals surface area contributed by atoms with Gasteiger partial charge in [0.05, 0.1) is 24.9 Å². The summed E-state index contributed by atoms with van der Waals surface area (Å²) in [5.74, 6) is -0.605. The normalized spacial score (nSPS) is 11.2. The molecule has 7 nitrogen and oxygen atoms in total. The number of thiophene rings is 1. The van der Waals surface area contributed by atoms with Crippen molar-refractivity contribution in [2.24, 2.45) is 0 Å². The van der Waals surface area contributed by atoms with Gasteiger partial charge in [-0.05, 0) is 46.2 Å². The lowest BCUT2D eigenvalue weighted by Crippen LogP contribution is -2.25. The highest BCUT2D eigenvalue weighted by molar-refractivity contribution is 7.20. The van der Waals surface area contributed by atoms with E-state index in [-0.39, 0.29) is 24.5 Å². The Morgan fingerprint density at radius 1 is 1.21 bits per heavy atom. The lowest BCUT2D eigenvalue weighted by Gasteiger charge is -2.07. The molecule has 148 valence electrons. The van der Waals surface area contributed by atoms with Crippen LogP contribution in [0.25, 0.3) is 10.2 Å². The van der Waals surface area contributed by atoms with Crippen LogP contribution in [0.5, 0.6) is 0 Å². The fourth-order valence-electron chi connectivity index (χ4n) is 3.47. The van der Waals surface area contributed by atoms with Gasteiger partial charge >= 0.3 is 5.97 Å². The first-order valence-electron chi connectivity index (χ1n) is 9.15. The van der Waals surface area contributed by atoms with E-state index >= 15 is 0 Å². The average Bonchev–Trinajstić information content (AvgIpc) is 3.14. The van der Waals surface area contributed by atoms with Gasteiger partial charge < -0.3 is 9.30 Å². The van der Waals surface area contributed by atoms with Crippen molar-refractivity contribution in [3.8, 4) is 0 Å². The molecule has 0 bridgehead atoms. The molecular weight excluding hydrogens is 378 g/mol. The summed E-state index contributed by atoms with van der Waals surface area (Å²) < 4.78 is 8.41. The molecule has 0 unspecified atom stereocenters. The van der Waals surface area contributed by atoms with Crippen LogP contribution in [-0.2, 0) is 17.8 Å². The highest BCUT2D eigenvalue weighted by atomic mass is 32.1. The van der Waals surface area contributed by atoms with E-state index in [1.165, 1.54) is 10.9 Å². The molecule has 0 aromatic carbocycles. The first-order chi connectivity index (χ1) is 13.3. The zero-order chi connectivity index (χ0) is 20.6. The minimum Gasteiger partial charge on any atom is -0.462 e. The molecule has 0 N–H and O–H groups in total. The third kappa shape index (κ3) is 3.28.